The molecule has 0 aromatic heterocycles. The maximum Gasteiger partial charge on any atom is 0.321 e. The van der Waals surface area contributed by atoms with Crippen LogP contribution in [0.1, 0.15) is 35.4 Å². The van der Waals surface area contributed by atoms with Gasteiger partial charge in [0.25, 0.3) is 0 Å². The molecule has 9 nitrogen and oxygen atoms in total. The zero-order valence-electron chi connectivity index (χ0n) is 22.1. The largest absolute Gasteiger partial charge is 0.376 e. The van der Waals surface area contributed by atoms with Gasteiger partial charge in [0.1, 0.15) is 0 Å². The Kier molecular flexibility index (Phi) is 10.5. The fourth-order valence-corrected chi connectivity index (χ4v) is 4.44. The second-order valence-corrected chi connectivity index (χ2v) is 9.46. The molecule has 1 saturated heterocycles. The lowest BCUT2D eigenvalue weighted by Crippen LogP contribution is -2.48. The second-order valence-electron chi connectivity index (χ2n) is 9.46. The van der Waals surface area contributed by atoms with E-state index in [1.54, 1.807) is 18.2 Å². The predicted molar refractivity (Wildman–Crippen MR) is 155 cm³/mol. The van der Waals surface area contributed by atoms with E-state index in [1.165, 1.54) is 0 Å². The zero-order valence-corrected chi connectivity index (χ0v) is 22.1. The topological polar surface area (TPSA) is 121 Å². The van der Waals surface area contributed by atoms with E-state index in [0.29, 0.717) is 25.3 Å². The van der Waals surface area contributed by atoms with E-state index in [1.807, 2.05) is 66.7 Å². The molecule has 1 aliphatic rings. The second kappa shape index (κ2) is 14.6. The first-order valence-electron chi connectivity index (χ1n) is 13.2. The molecule has 1 fully saturated rings. The molecular formula is C30H32BN5O4. The van der Waals surface area contributed by atoms with Crippen LogP contribution in [0, 0.1) is 0 Å². The van der Waals surface area contributed by atoms with Crippen molar-refractivity contribution in [1.29, 1.82) is 0 Å². The minimum Gasteiger partial charge on any atom is -0.376 e. The summed E-state index contributed by atoms with van der Waals surface area (Å²) in [5.74, 6) is -1.43. The maximum absolute atomic E-state index is 13.3. The molecule has 4 rings (SSSR count). The van der Waals surface area contributed by atoms with E-state index >= 15 is 0 Å². The van der Waals surface area contributed by atoms with Crippen molar-refractivity contribution in [3.05, 3.63) is 102 Å². The maximum atomic E-state index is 13.3. The SMILES string of the molecule is [B]C(=O)NC(=Nc1cccc(CNC(=O)C(Cc2ccccc2)c2ccccc2)c1)NC(=O)NCC1CCCO1. The van der Waals surface area contributed by atoms with Crippen molar-refractivity contribution < 1.29 is 19.1 Å². The number of hydrogen-bond donors (Lipinski definition) is 4. The first kappa shape index (κ1) is 28.6. The fraction of sp³-hybridized carbons (Fsp3) is 0.267. The van der Waals surface area contributed by atoms with Crippen molar-refractivity contribution >= 4 is 37.2 Å². The lowest BCUT2D eigenvalue weighted by Gasteiger charge is -2.18. The number of nitrogens with one attached hydrogen (secondary N) is 4. The highest BCUT2D eigenvalue weighted by Gasteiger charge is 2.21. The highest BCUT2D eigenvalue weighted by molar-refractivity contribution is 6.58. The number of guanidine groups is 1. The van der Waals surface area contributed by atoms with Crippen LogP contribution in [-0.4, -0.2) is 50.8 Å². The molecular weight excluding hydrogens is 505 g/mol. The number of benzene rings is 3. The van der Waals surface area contributed by atoms with Crippen LogP contribution in [0.4, 0.5) is 15.3 Å². The number of urea groups is 1. The van der Waals surface area contributed by atoms with Crippen LogP contribution < -0.4 is 21.3 Å². The first-order chi connectivity index (χ1) is 19.5. The smallest absolute Gasteiger partial charge is 0.321 e. The first-order valence-corrected chi connectivity index (χ1v) is 13.2. The number of nitrogens with zero attached hydrogens (tertiary/aromatic N) is 1. The third-order valence-electron chi connectivity index (χ3n) is 6.41. The molecule has 4 amide bonds. The van der Waals surface area contributed by atoms with E-state index in [2.05, 4.69) is 26.3 Å². The van der Waals surface area contributed by atoms with E-state index < -0.39 is 11.8 Å². The summed E-state index contributed by atoms with van der Waals surface area (Å²) >= 11 is 0. The fourth-order valence-electron chi connectivity index (χ4n) is 4.44. The van der Waals surface area contributed by atoms with Crippen molar-refractivity contribution in [3.63, 3.8) is 0 Å². The van der Waals surface area contributed by atoms with Crippen molar-refractivity contribution in [1.82, 2.24) is 21.3 Å². The van der Waals surface area contributed by atoms with Crippen LogP contribution in [-0.2, 0) is 22.5 Å². The highest BCUT2D eigenvalue weighted by Crippen LogP contribution is 2.22. The molecule has 0 saturated carbocycles. The minimum atomic E-state index is -0.869. The molecule has 2 unspecified atom stereocenters. The molecule has 1 heterocycles. The van der Waals surface area contributed by atoms with Crippen LogP contribution in [0.5, 0.6) is 0 Å². The number of hydrogen-bond acceptors (Lipinski definition) is 5. The number of aliphatic imine (C=N–C) groups is 1. The average Bonchev–Trinajstić information content (AvgIpc) is 3.48. The molecule has 0 spiro atoms. The highest BCUT2D eigenvalue weighted by atomic mass is 16.5. The Morgan fingerprint density at radius 1 is 0.900 bits per heavy atom. The summed E-state index contributed by atoms with van der Waals surface area (Å²) in [6, 6.07) is 26.2. The normalized spacial score (nSPS) is 15.6. The van der Waals surface area contributed by atoms with Crippen molar-refractivity contribution in [2.24, 2.45) is 4.99 Å². The van der Waals surface area contributed by atoms with Crippen molar-refractivity contribution in [3.8, 4) is 0 Å². The van der Waals surface area contributed by atoms with Gasteiger partial charge in [-0.3, -0.25) is 14.9 Å². The molecule has 3 aromatic rings. The molecule has 204 valence electrons. The molecule has 40 heavy (non-hydrogen) atoms. The summed E-state index contributed by atoms with van der Waals surface area (Å²) in [5.41, 5.74) is 3.26. The summed E-state index contributed by atoms with van der Waals surface area (Å²) < 4.78 is 5.50. The van der Waals surface area contributed by atoms with Gasteiger partial charge in [0.2, 0.25) is 19.7 Å². The lowest BCUT2D eigenvalue weighted by atomic mass is 9.91. The summed E-state index contributed by atoms with van der Waals surface area (Å²) in [6.45, 7) is 1.30. The summed E-state index contributed by atoms with van der Waals surface area (Å²) in [6.07, 6.45) is 2.38. The third kappa shape index (κ3) is 9.09. The summed E-state index contributed by atoms with van der Waals surface area (Å²) in [7, 11) is 5.27. The van der Waals surface area contributed by atoms with Crippen molar-refractivity contribution in [2.45, 2.75) is 37.8 Å². The van der Waals surface area contributed by atoms with E-state index in [4.69, 9.17) is 12.6 Å². The number of carbonyl (C=O) groups excluding carboxylic acids is 3. The zero-order chi connectivity index (χ0) is 28.2. The molecule has 0 bridgehead atoms. The van der Waals surface area contributed by atoms with Crippen LogP contribution >= 0.6 is 0 Å². The van der Waals surface area contributed by atoms with Gasteiger partial charge in [-0.2, -0.15) is 0 Å². The quantitative estimate of drug-likeness (QED) is 0.189. The molecule has 2 atom stereocenters. The number of amides is 4. The monoisotopic (exact) mass is 537 g/mol. The Balaban J connectivity index is 1.41. The van der Waals surface area contributed by atoms with Crippen LogP contribution in [0.2, 0.25) is 0 Å². The molecule has 4 N–H and O–H groups in total. The molecule has 10 heteroatoms. The Bertz CT molecular complexity index is 1310. The minimum absolute atomic E-state index is 0.0312. The Labute approximate surface area is 235 Å². The lowest BCUT2D eigenvalue weighted by molar-refractivity contribution is -0.122. The Hall–Kier alpha value is -4.44. The number of rotatable bonds is 9. The molecule has 0 aliphatic carbocycles. The molecule has 3 aromatic carbocycles. The Morgan fingerprint density at radius 2 is 1.62 bits per heavy atom. The van der Waals surface area contributed by atoms with Gasteiger partial charge < -0.3 is 20.7 Å². The standard InChI is InChI=1S/C30H32BN5O4/c31-28(38)35-29(36-30(39)33-20-25-15-8-16-40-25)34-24-14-7-11-22(17-24)19-32-27(37)26(23-12-5-2-6-13-23)18-21-9-3-1-4-10-21/h1-7,9-14,17,25-26H,8,15-16,18-20H2,(H,32,37)(H3,33,34,35,36,38,39). The van der Waals surface area contributed by atoms with Gasteiger partial charge in [-0.05, 0) is 48.1 Å². The van der Waals surface area contributed by atoms with Gasteiger partial charge in [-0.25, -0.2) is 9.79 Å². The van der Waals surface area contributed by atoms with E-state index in [9.17, 15) is 14.4 Å². The van der Waals surface area contributed by atoms with Gasteiger partial charge in [0.05, 0.1) is 17.7 Å². The number of ether oxygens (including phenoxy) is 1. The third-order valence-corrected chi connectivity index (χ3v) is 6.41. The summed E-state index contributed by atoms with van der Waals surface area (Å²) in [5, 5.41) is 10.6. The van der Waals surface area contributed by atoms with Crippen LogP contribution in [0.25, 0.3) is 0 Å². The molecule has 2 radical (unpaired) electrons. The van der Waals surface area contributed by atoms with E-state index in [0.717, 1.165) is 29.5 Å². The van der Waals surface area contributed by atoms with Crippen molar-refractivity contribution in [2.75, 3.05) is 13.2 Å². The number of carbonyl (C=O) groups is 3. The predicted octanol–water partition coefficient (Wildman–Crippen LogP) is 3.67. The van der Waals surface area contributed by atoms with Gasteiger partial charge >= 0.3 is 6.03 Å². The Morgan fingerprint density at radius 3 is 2.33 bits per heavy atom. The van der Waals surface area contributed by atoms with Gasteiger partial charge in [0.15, 0.2) is 5.81 Å². The van der Waals surface area contributed by atoms with Gasteiger partial charge in [-0.15, -0.1) is 0 Å². The summed E-state index contributed by atoms with van der Waals surface area (Å²) in [4.78, 5) is 41.5. The van der Waals surface area contributed by atoms with Crippen LogP contribution in [0.3, 0.4) is 0 Å². The van der Waals surface area contributed by atoms with Gasteiger partial charge in [0, 0.05) is 19.7 Å². The molecule has 1 aliphatic heterocycles. The van der Waals surface area contributed by atoms with E-state index in [-0.39, 0.29) is 30.4 Å². The van der Waals surface area contributed by atoms with Gasteiger partial charge in [-0.1, -0.05) is 72.8 Å². The van der Waals surface area contributed by atoms with Crippen LogP contribution in [0.15, 0.2) is 89.9 Å². The average molecular weight is 537 g/mol.